The van der Waals surface area contributed by atoms with E-state index in [0.717, 1.165) is 0 Å². The molecule has 0 saturated heterocycles. The molecule has 0 spiro atoms. The lowest BCUT2D eigenvalue weighted by Gasteiger charge is -2.18. The number of hydrogen-bond acceptors (Lipinski definition) is 5. The number of hydrogen-bond donors (Lipinski definition) is 2. The Labute approximate surface area is 118 Å². The van der Waals surface area contributed by atoms with E-state index in [0.29, 0.717) is 26.2 Å². The van der Waals surface area contributed by atoms with Crippen LogP contribution in [0.4, 0.5) is 0 Å². The van der Waals surface area contributed by atoms with E-state index in [1.165, 1.54) is 10.9 Å². The zero-order chi connectivity index (χ0) is 15.0. The molecule has 1 aromatic heterocycles. The van der Waals surface area contributed by atoms with E-state index < -0.39 is 0 Å². The molecule has 0 aliphatic rings. The fourth-order valence-corrected chi connectivity index (χ4v) is 1.75. The number of carbonyl (C=O) groups excluding carboxylic acids is 2. The molecule has 0 saturated carbocycles. The van der Waals surface area contributed by atoms with Gasteiger partial charge in [0.1, 0.15) is 0 Å². The first-order valence-corrected chi connectivity index (χ1v) is 6.78. The van der Waals surface area contributed by atoms with Crippen LogP contribution in [-0.4, -0.2) is 57.9 Å². The molecule has 112 valence electrons. The lowest BCUT2D eigenvalue weighted by molar-refractivity contribution is -0.130. The van der Waals surface area contributed by atoms with E-state index in [1.54, 1.807) is 4.90 Å². The Morgan fingerprint density at radius 3 is 2.70 bits per heavy atom. The van der Waals surface area contributed by atoms with Crippen LogP contribution in [0, 0.1) is 0 Å². The van der Waals surface area contributed by atoms with Gasteiger partial charge in [0, 0.05) is 32.6 Å². The number of amides is 2. The summed E-state index contributed by atoms with van der Waals surface area (Å²) in [4.78, 5) is 25.2. The maximum atomic E-state index is 11.8. The fourth-order valence-electron chi connectivity index (χ4n) is 1.75. The van der Waals surface area contributed by atoms with Crippen LogP contribution < -0.4 is 11.1 Å². The summed E-state index contributed by atoms with van der Waals surface area (Å²) in [6.07, 6.45) is 1.82. The lowest BCUT2D eigenvalue weighted by Crippen LogP contribution is -2.34. The summed E-state index contributed by atoms with van der Waals surface area (Å²) in [5, 5.41) is 10.2. The van der Waals surface area contributed by atoms with E-state index in [9.17, 15) is 9.59 Å². The van der Waals surface area contributed by atoms with Crippen molar-refractivity contribution in [2.45, 2.75) is 26.8 Å². The third-order valence-corrected chi connectivity index (χ3v) is 2.87. The molecule has 20 heavy (non-hydrogen) atoms. The highest BCUT2D eigenvalue weighted by molar-refractivity contribution is 5.92. The highest BCUT2D eigenvalue weighted by atomic mass is 16.2. The largest absolute Gasteiger partial charge is 0.350 e. The summed E-state index contributed by atoms with van der Waals surface area (Å²) in [5.41, 5.74) is 5.61. The maximum absolute atomic E-state index is 11.8. The smallest absolute Gasteiger partial charge is 0.273 e. The Kier molecular flexibility index (Phi) is 6.65. The van der Waals surface area contributed by atoms with Crippen molar-refractivity contribution in [2.75, 3.05) is 26.2 Å². The second-order valence-electron chi connectivity index (χ2n) is 4.23. The highest BCUT2D eigenvalue weighted by Gasteiger charge is 2.12. The van der Waals surface area contributed by atoms with Crippen LogP contribution >= 0.6 is 0 Å². The Balaban J connectivity index is 2.37. The first-order chi connectivity index (χ1) is 9.62. The molecule has 3 N–H and O–H groups in total. The van der Waals surface area contributed by atoms with Gasteiger partial charge in [-0.15, -0.1) is 5.10 Å². The molecule has 1 rings (SSSR count). The standard InChI is InChI=1S/C12H22N6O2/c1-3-17(4-2)11(19)5-7-14-12(20)10-9-18(8-6-13)16-15-10/h9H,3-8,13H2,1-2H3,(H,14,20). The van der Waals surface area contributed by atoms with Crippen molar-refractivity contribution in [3.05, 3.63) is 11.9 Å². The van der Waals surface area contributed by atoms with Crippen molar-refractivity contribution >= 4 is 11.8 Å². The zero-order valence-electron chi connectivity index (χ0n) is 12.0. The van der Waals surface area contributed by atoms with E-state index in [-0.39, 0.29) is 30.5 Å². The first kappa shape index (κ1) is 16.1. The number of nitrogens with one attached hydrogen (secondary N) is 1. The van der Waals surface area contributed by atoms with Crippen molar-refractivity contribution in [1.82, 2.24) is 25.2 Å². The van der Waals surface area contributed by atoms with Gasteiger partial charge in [0.15, 0.2) is 5.69 Å². The normalized spacial score (nSPS) is 10.3. The minimum atomic E-state index is -0.333. The van der Waals surface area contributed by atoms with Crippen molar-refractivity contribution < 1.29 is 9.59 Å². The van der Waals surface area contributed by atoms with Gasteiger partial charge in [-0.25, -0.2) is 0 Å². The molecule has 0 bridgehead atoms. The average molecular weight is 282 g/mol. The quantitative estimate of drug-likeness (QED) is 0.651. The second kappa shape index (κ2) is 8.26. The molecule has 2 amide bonds. The van der Waals surface area contributed by atoms with Crippen LogP contribution in [-0.2, 0) is 11.3 Å². The fraction of sp³-hybridized carbons (Fsp3) is 0.667. The van der Waals surface area contributed by atoms with E-state index in [1.807, 2.05) is 13.8 Å². The molecule has 0 aliphatic carbocycles. The maximum Gasteiger partial charge on any atom is 0.273 e. The summed E-state index contributed by atoms with van der Waals surface area (Å²) in [6.45, 7) is 6.44. The topological polar surface area (TPSA) is 106 Å². The highest BCUT2D eigenvalue weighted by Crippen LogP contribution is 1.95. The van der Waals surface area contributed by atoms with Gasteiger partial charge in [0.05, 0.1) is 12.7 Å². The molecular formula is C12H22N6O2. The molecule has 1 aromatic rings. The van der Waals surface area contributed by atoms with Crippen LogP contribution in [0.3, 0.4) is 0 Å². The number of nitrogens with two attached hydrogens (primary N) is 1. The van der Waals surface area contributed by atoms with Gasteiger partial charge in [-0.3, -0.25) is 14.3 Å². The number of rotatable bonds is 8. The molecule has 0 atom stereocenters. The van der Waals surface area contributed by atoms with Gasteiger partial charge in [-0.05, 0) is 13.8 Å². The van der Waals surface area contributed by atoms with E-state index in [4.69, 9.17) is 5.73 Å². The summed E-state index contributed by atoms with van der Waals surface area (Å²) >= 11 is 0. The van der Waals surface area contributed by atoms with Crippen LogP contribution in [0.2, 0.25) is 0 Å². The van der Waals surface area contributed by atoms with Gasteiger partial charge in [0.2, 0.25) is 5.91 Å². The predicted octanol–water partition coefficient (Wildman–Crippen LogP) is -0.775. The number of nitrogens with zero attached hydrogens (tertiary/aromatic N) is 4. The molecule has 0 aromatic carbocycles. The molecule has 0 radical (unpaired) electrons. The summed E-state index contributed by atoms with van der Waals surface area (Å²) in [5.74, 6) is -0.303. The van der Waals surface area contributed by atoms with Crippen molar-refractivity contribution in [3.63, 3.8) is 0 Å². The summed E-state index contributed by atoms with van der Waals surface area (Å²) in [6, 6.07) is 0. The van der Waals surface area contributed by atoms with Gasteiger partial charge in [0.25, 0.3) is 5.91 Å². The molecule has 1 heterocycles. The van der Waals surface area contributed by atoms with E-state index in [2.05, 4.69) is 15.6 Å². The van der Waals surface area contributed by atoms with Crippen LogP contribution in [0.5, 0.6) is 0 Å². The Bertz CT molecular complexity index is 441. The SMILES string of the molecule is CCN(CC)C(=O)CCNC(=O)c1cn(CCN)nn1. The van der Waals surface area contributed by atoms with Gasteiger partial charge < -0.3 is 16.0 Å². The predicted molar refractivity (Wildman–Crippen MR) is 74.0 cm³/mol. The van der Waals surface area contributed by atoms with Gasteiger partial charge >= 0.3 is 0 Å². The molecule has 0 fully saturated rings. The summed E-state index contributed by atoms with van der Waals surface area (Å²) in [7, 11) is 0. The van der Waals surface area contributed by atoms with E-state index >= 15 is 0 Å². The minimum absolute atomic E-state index is 0.0297. The molecular weight excluding hydrogens is 260 g/mol. The Morgan fingerprint density at radius 2 is 2.10 bits per heavy atom. The first-order valence-electron chi connectivity index (χ1n) is 6.78. The number of aromatic nitrogens is 3. The Hall–Kier alpha value is -1.96. The summed E-state index contributed by atoms with van der Waals surface area (Å²) < 4.78 is 1.51. The molecule has 0 aliphatic heterocycles. The van der Waals surface area contributed by atoms with Crippen LogP contribution in [0.1, 0.15) is 30.8 Å². The van der Waals surface area contributed by atoms with Crippen molar-refractivity contribution in [3.8, 4) is 0 Å². The van der Waals surface area contributed by atoms with Crippen LogP contribution in [0.25, 0.3) is 0 Å². The molecule has 0 unspecified atom stereocenters. The zero-order valence-corrected chi connectivity index (χ0v) is 12.0. The second-order valence-corrected chi connectivity index (χ2v) is 4.23. The molecule has 8 nitrogen and oxygen atoms in total. The van der Waals surface area contributed by atoms with Crippen LogP contribution in [0.15, 0.2) is 6.20 Å². The minimum Gasteiger partial charge on any atom is -0.350 e. The molecule has 8 heteroatoms. The van der Waals surface area contributed by atoms with Crippen molar-refractivity contribution in [2.24, 2.45) is 5.73 Å². The lowest BCUT2D eigenvalue weighted by atomic mass is 10.3. The third-order valence-electron chi connectivity index (χ3n) is 2.87. The average Bonchev–Trinajstić information content (AvgIpc) is 2.89. The third kappa shape index (κ3) is 4.61. The number of carbonyl (C=O) groups is 2. The van der Waals surface area contributed by atoms with Crippen molar-refractivity contribution in [1.29, 1.82) is 0 Å². The van der Waals surface area contributed by atoms with Gasteiger partial charge in [-0.1, -0.05) is 5.21 Å². The van der Waals surface area contributed by atoms with Gasteiger partial charge in [-0.2, -0.15) is 0 Å². The monoisotopic (exact) mass is 282 g/mol. The Morgan fingerprint density at radius 1 is 1.40 bits per heavy atom.